The summed E-state index contributed by atoms with van der Waals surface area (Å²) in [5.74, 6) is 0. The van der Waals surface area contributed by atoms with Crippen molar-refractivity contribution in [2.75, 3.05) is 0 Å². The molecule has 0 radical (unpaired) electrons. The number of hydrogen-bond donors (Lipinski definition) is 1. The van der Waals surface area contributed by atoms with Crippen molar-refractivity contribution in [3.8, 4) is 0 Å². The number of rotatable bonds is 7. The Morgan fingerprint density at radius 2 is 2.33 bits per heavy atom. The first kappa shape index (κ1) is 11.9. The van der Waals surface area contributed by atoms with E-state index in [1.807, 2.05) is 18.3 Å². The van der Waals surface area contributed by atoms with Gasteiger partial charge in [0.15, 0.2) is 0 Å². The largest absolute Gasteiger partial charge is 0.328 e. The number of aromatic nitrogens is 1. The van der Waals surface area contributed by atoms with E-state index in [4.69, 9.17) is 5.73 Å². The van der Waals surface area contributed by atoms with Gasteiger partial charge in [0.05, 0.1) is 0 Å². The minimum atomic E-state index is 0.310. The normalized spacial score (nSPS) is 12.3. The molecule has 1 atom stereocenters. The number of aryl methyl sites for hydroxylation is 1. The summed E-state index contributed by atoms with van der Waals surface area (Å²) >= 11 is 0. The van der Waals surface area contributed by atoms with Crippen LogP contribution >= 0.6 is 0 Å². The Balaban J connectivity index is 2.16. The molecule has 0 spiro atoms. The quantitative estimate of drug-likeness (QED) is 0.548. The Hall–Kier alpha value is -1.15. The van der Waals surface area contributed by atoms with Gasteiger partial charge in [-0.2, -0.15) is 0 Å². The average molecular weight is 204 g/mol. The highest BCUT2D eigenvalue weighted by Crippen LogP contribution is 2.07. The fourth-order valence-electron chi connectivity index (χ4n) is 1.57. The highest BCUT2D eigenvalue weighted by atomic mass is 14.6. The van der Waals surface area contributed by atoms with E-state index < -0.39 is 0 Å². The Bertz CT molecular complexity index is 269. The zero-order chi connectivity index (χ0) is 10.9. The van der Waals surface area contributed by atoms with Crippen molar-refractivity contribution >= 4 is 0 Å². The standard InChI is InChI=1S/C13H20N2/c1-2-3-4-7-13(14)9-8-12-6-5-10-15-11-12/h2,5-6,10-11,13H,1,3-4,7-9,14H2. The molecule has 2 N–H and O–H groups in total. The third-order valence-corrected chi connectivity index (χ3v) is 2.51. The number of unbranched alkanes of at least 4 members (excludes halogenated alkanes) is 1. The number of allylic oxidation sites excluding steroid dienone is 1. The van der Waals surface area contributed by atoms with Gasteiger partial charge in [-0.15, -0.1) is 6.58 Å². The van der Waals surface area contributed by atoms with Gasteiger partial charge in [0.1, 0.15) is 0 Å². The van der Waals surface area contributed by atoms with Crippen molar-refractivity contribution in [1.82, 2.24) is 4.98 Å². The van der Waals surface area contributed by atoms with Crippen molar-refractivity contribution in [2.24, 2.45) is 5.73 Å². The number of nitrogens with two attached hydrogens (primary N) is 1. The van der Waals surface area contributed by atoms with Gasteiger partial charge in [-0.05, 0) is 43.7 Å². The third-order valence-electron chi connectivity index (χ3n) is 2.51. The number of pyridine rings is 1. The molecule has 0 aliphatic rings. The third kappa shape index (κ3) is 5.33. The summed E-state index contributed by atoms with van der Waals surface area (Å²) in [6.45, 7) is 3.70. The molecule has 1 aromatic rings. The van der Waals surface area contributed by atoms with Crippen LogP contribution in [0.4, 0.5) is 0 Å². The highest BCUT2D eigenvalue weighted by molar-refractivity contribution is 5.08. The first-order chi connectivity index (χ1) is 7.33. The van der Waals surface area contributed by atoms with Gasteiger partial charge in [0.25, 0.3) is 0 Å². The maximum atomic E-state index is 6.01. The summed E-state index contributed by atoms with van der Waals surface area (Å²) in [6.07, 6.45) is 11.0. The lowest BCUT2D eigenvalue weighted by atomic mass is 10.0. The summed E-state index contributed by atoms with van der Waals surface area (Å²) in [4.78, 5) is 4.08. The summed E-state index contributed by atoms with van der Waals surface area (Å²) in [5.41, 5.74) is 7.28. The van der Waals surface area contributed by atoms with Gasteiger partial charge in [0, 0.05) is 18.4 Å². The predicted molar refractivity (Wildman–Crippen MR) is 64.6 cm³/mol. The van der Waals surface area contributed by atoms with E-state index >= 15 is 0 Å². The number of nitrogens with zero attached hydrogens (tertiary/aromatic N) is 1. The van der Waals surface area contributed by atoms with Crippen molar-refractivity contribution in [3.05, 3.63) is 42.7 Å². The SMILES string of the molecule is C=CCCCC(N)CCc1cccnc1. The molecule has 0 saturated carbocycles. The molecule has 1 aromatic heterocycles. The average Bonchev–Trinajstić information content (AvgIpc) is 2.28. The van der Waals surface area contributed by atoms with Crippen LogP contribution < -0.4 is 5.73 Å². The van der Waals surface area contributed by atoms with Crippen LogP contribution in [0.1, 0.15) is 31.2 Å². The van der Waals surface area contributed by atoms with Crippen LogP contribution in [0.25, 0.3) is 0 Å². The van der Waals surface area contributed by atoms with Gasteiger partial charge >= 0.3 is 0 Å². The predicted octanol–water partition coefficient (Wildman–Crippen LogP) is 2.70. The van der Waals surface area contributed by atoms with E-state index in [2.05, 4.69) is 17.6 Å². The van der Waals surface area contributed by atoms with E-state index in [1.54, 1.807) is 6.20 Å². The summed E-state index contributed by atoms with van der Waals surface area (Å²) in [7, 11) is 0. The van der Waals surface area contributed by atoms with Crippen LogP contribution in [0.15, 0.2) is 37.2 Å². The minimum Gasteiger partial charge on any atom is -0.328 e. The smallest absolute Gasteiger partial charge is 0.0299 e. The van der Waals surface area contributed by atoms with E-state index in [9.17, 15) is 0 Å². The molecule has 0 bridgehead atoms. The Morgan fingerprint density at radius 3 is 3.00 bits per heavy atom. The maximum Gasteiger partial charge on any atom is 0.0299 e. The second kappa shape index (κ2) is 7.18. The fourth-order valence-corrected chi connectivity index (χ4v) is 1.57. The molecular weight excluding hydrogens is 184 g/mol. The fraction of sp³-hybridized carbons (Fsp3) is 0.462. The van der Waals surface area contributed by atoms with Crippen molar-refractivity contribution in [1.29, 1.82) is 0 Å². The van der Waals surface area contributed by atoms with Gasteiger partial charge in [-0.25, -0.2) is 0 Å². The lowest BCUT2D eigenvalue weighted by Gasteiger charge is -2.10. The molecule has 82 valence electrons. The van der Waals surface area contributed by atoms with Gasteiger partial charge in [0.2, 0.25) is 0 Å². The maximum absolute atomic E-state index is 6.01. The van der Waals surface area contributed by atoms with E-state index in [-0.39, 0.29) is 0 Å². The van der Waals surface area contributed by atoms with Crippen LogP contribution in [0.3, 0.4) is 0 Å². The summed E-state index contributed by atoms with van der Waals surface area (Å²) in [6, 6.07) is 4.38. The minimum absolute atomic E-state index is 0.310. The number of hydrogen-bond acceptors (Lipinski definition) is 2. The molecule has 1 heterocycles. The van der Waals surface area contributed by atoms with E-state index in [0.29, 0.717) is 6.04 Å². The first-order valence-electron chi connectivity index (χ1n) is 5.58. The molecule has 0 aliphatic heterocycles. The second-order valence-electron chi connectivity index (χ2n) is 3.88. The van der Waals surface area contributed by atoms with Crippen LogP contribution in [0.2, 0.25) is 0 Å². The van der Waals surface area contributed by atoms with E-state index in [1.165, 1.54) is 5.56 Å². The summed E-state index contributed by atoms with van der Waals surface area (Å²) < 4.78 is 0. The Kier molecular flexibility index (Phi) is 5.71. The lowest BCUT2D eigenvalue weighted by molar-refractivity contribution is 0.548. The summed E-state index contributed by atoms with van der Waals surface area (Å²) in [5, 5.41) is 0. The molecule has 0 amide bonds. The zero-order valence-corrected chi connectivity index (χ0v) is 9.23. The van der Waals surface area contributed by atoms with E-state index in [0.717, 1.165) is 32.1 Å². The van der Waals surface area contributed by atoms with Gasteiger partial charge in [-0.1, -0.05) is 12.1 Å². The van der Waals surface area contributed by atoms with Gasteiger partial charge in [-0.3, -0.25) is 4.98 Å². The van der Waals surface area contributed by atoms with Crippen molar-refractivity contribution in [3.63, 3.8) is 0 Å². The second-order valence-corrected chi connectivity index (χ2v) is 3.88. The molecule has 0 fully saturated rings. The molecule has 0 aliphatic carbocycles. The molecular formula is C13H20N2. The van der Waals surface area contributed by atoms with Crippen molar-refractivity contribution < 1.29 is 0 Å². The first-order valence-corrected chi connectivity index (χ1v) is 5.58. The molecule has 2 nitrogen and oxygen atoms in total. The molecule has 0 aromatic carbocycles. The van der Waals surface area contributed by atoms with Gasteiger partial charge < -0.3 is 5.73 Å². The molecule has 1 unspecified atom stereocenters. The highest BCUT2D eigenvalue weighted by Gasteiger charge is 2.02. The Labute approximate surface area is 92.2 Å². The van der Waals surface area contributed by atoms with Crippen LogP contribution in [0.5, 0.6) is 0 Å². The van der Waals surface area contributed by atoms with Crippen molar-refractivity contribution in [2.45, 2.75) is 38.1 Å². The molecule has 0 saturated heterocycles. The van der Waals surface area contributed by atoms with Crippen LogP contribution in [0, 0.1) is 0 Å². The molecule has 15 heavy (non-hydrogen) atoms. The molecule has 1 rings (SSSR count). The topological polar surface area (TPSA) is 38.9 Å². The van der Waals surface area contributed by atoms with Crippen LogP contribution in [-0.2, 0) is 6.42 Å². The van der Waals surface area contributed by atoms with Crippen LogP contribution in [-0.4, -0.2) is 11.0 Å². The lowest BCUT2D eigenvalue weighted by Crippen LogP contribution is -2.20. The monoisotopic (exact) mass is 204 g/mol. The Morgan fingerprint density at radius 1 is 1.47 bits per heavy atom. The molecule has 2 heteroatoms. The zero-order valence-electron chi connectivity index (χ0n) is 9.23.